The molecule has 116 valence electrons. The number of hydrogen-bond donors (Lipinski definition) is 2. The summed E-state index contributed by atoms with van der Waals surface area (Å²) in [5.41, 5.74) is 3.78. The maximum atomic E-state index is 5.63. The number of ether oxygens (including phenoxy) is 1. The first-order valence-electron chi connectivity index (χ1n) is 8.03. The number of rotatable bonds is 5. The third-order valence-corrected chi connectivity index (χ3v) is 4.10. The predicted octanol–water partition coefficient (Wildman–Crippen LogP) is 3.77. The Morgan fingerprint density at radius 3 is 2.77 bits per heavy atom. The summed E-state index contributed by atoms with van der Waals surface area (Å²) in [5.74, 6) is 0.966. The Morgan fingerprint density at radius 1 is 1.14 bits per heavy atom. The summed E-state index contributed by atoms with van der Waals surface area (Å²) in [5, 5.41) is 7.07. The van der Waals surface area contributed by atoms with E-state index in [1.165, 1.54) is 11.1 Å². The Balaban J connectivity index is 1.61. The Hall–Kier alpha value is -2.00. The predicted molar refractivity (Wildman–Crippen MR) is 91.6 cm³/mol. The smallest absolute Gasteiger partial charge is 0.142 e. The van der Waals surface area contributed by atoms with Gasteiger partial charge in [-0.15, -0.1) is 0 Å². The van der Waals surface area contributed by atoms with Crippen molar-refractivity contribution >= 4 is 5.69 Å². The van der Waals surface area contributed by atoms with Gasteiger partial charge in [0.25, 0.3) is 0 Å². The molecule has 0 radical (unpaired) electrons. The molecule has 22 heavy (non-hydrogen) atoms. The van der Waals surface area contributed by atoms with Crippen molar-refractivity contribution in [3.05, 3.63) is 59.7 Å². The van der Waals surface area contributed by atoms with Crippen molar-refractivity contribution < 1.29 is 4.74 Å². The van der Waals surface area contributed by atoms with Gasteiger partial charge in [0.1, 0.15) is 12.4 Å². The first-order valence-corrected chi connectivity index (χ1v) is 8.03. The molecule has 2 N–H and O–H groups in total. The fourth-order valence-corrected chi connectivity index (χ4v) is 2.99. The van der Waals surface area contributed by atoms with Crippen LogP contribution in [0.2, 0.25) is 0 Å². The summed E-state index contributed by atoms with van der Waals surface area (Å²) in [7, 11) is 0. The molecule has 0 aromatic heterocycles. The molecule has 0 bridgehead atoms. The second-order valence-electron chi connectivity index (χ2n) is 6.01. The summed E-state index contributed by atoms with van der Waals surface area (Å²) in [6.45, 7) is 6.09. The topological polar surface area (TPSA) is 33.3 Å². The SMILES string of the molecule is CC(Cc1ccc2c(c1)NCCO2)NC(C)c1ccccc1. The lowest BCUT2D eigenvalue weighted by Crippen LogP contribution is -2.30. The maximum Gasteiger partial charge on any atom is 0.142 e. The summed E-state index contributed by atoms with van der Waals surface area (Å²) in [6, 6.07) is 17.8. The fourth-order valence-electron chi connectivity index (χ4n) is 2.99. The third-order valence-electron chi connectivity index (χ3n) is 4.10. The van der Waals surface area contributed by atoms with Gasteiger partial charge < -0.3 is 15.4 Å². The number of benzene rings is 2. The van der Waals surface area contributed by atoms with Gasteiger partial charge in [-0.05, 0) is 43.5 Å². The minimum atomic E-state index is 0.357. The minimum Gasteiger partial charge on any atom is -0.490 e. The van der Waals surface area contributed by atoms with E-state index in [0.29, 0.717) is 12.1 Å². The standard InChI is InChI=1S/C19H24N2O/c1-14(21-15(2)17-6-4-3-5-7-17)12-16-8-9-19-18(13-16)20-10-11-22-19/h3-9,13-15,20-21H,10-12H2,1-2H3. The van der Waals surface area contributed by atoms with Crippen LogP contribution in [0.5, 0.6) is 5.75 Å². The van der Waals surface area contributed by atoms with E-state index in [1.807, 2.05) is 0 Å². The van der Waals surface area contributed by atoms with Crippen molar-refractivity contribution in [3.8, 4) is 5.75 Å². The average molecular weight is 296 g/mol. The zero-order chi connectivity index (χ0) is 15.4. The summed E-state index contributed by atoms with van der Waals surface area (Å²) in [6.07, 6.45) is 1.01. The lowest BCUT2D eigenvalue weighted by molar-refractivity contribution is 0.323. The summed E-state index contributed by atoms with van der Waals surface area (Å²) in [4.78, 5) is 0. The molecule has 0 aliphatic carbocycles. The number of anilines is 1. The van der Waals surface area contributed by atoms with Crippen molar-refractivity contribution in [2.75, 3.05) is 18.5 Å². The average Bonchev–Trinajstić information content (AvgIpc) is 2.55. The van der Waals surface area contributed by atoms with Crippen LogP contribution in [0, 0.1) is 0 Å². The number of nitrogens with one attached hydrogen (secondary N) is 2. The number of fused-ring (bicyclic) bond motifs is 1. The van der Waals surface area contributed by atoms with Gasteiger partial charge in [-0.25, -0.2) is 0 Å². The lowest BCUT2D eigenvalue weighted by Gasteiger charge is -2.22. The van der Waals surface area contributed by atoms with E-state index in [0.717, 1.165) is 31.0 Å². The molecule has 3 heteroatoms. The van der Waals surface area contributed by atoms with Crippen molar-refractivity contribution in [1.29, 1.82) is 0 Å². The molecule has 2 aromatic rings. The van der Waals surface area contributed by atoms with Crippen molar-refractivity contribution in [2.24, 2.45) is 0 Å². The van der Waals surface area contributed by atoms with E-state index in [2.05, 4.69) is 73.0 Å². The largest absolute Gasteiger partial charge is 0.490 e. The van der Waals surface area contributed by atoms with Crippen LogP contribution in [-0.4, -0.2) is 19.2 Å². The third kappa shape index (κ3) is 3.60. The van der Waals surface area contributed by atoms with Crippen LogP contribution in [0.15, 0.2) is 48.5 Å². The van der Waals surface area contributed by atoms with Crippen LogP contribution in [0.3, 0.4) is 0 Å². The minimum absolute atomic E-state index is 0.357. The van der Waals surface area contributed by atoms with Gasteiger partial charge in [-0.1, -0.05) is 36.4 Å². The Morgan fingerprint density at radius 2 is 1.95 bits per heavy atom. The highest BCUT2D eigenvalue weighted by Crippen LogP contribution is 2.28. The Bertz CT molecular complexity index is 612. The maximum absolute atomic E-state index is 5.63. The van der Waals surface area contributed by atoms with Gasteiger partial charge in [0.15, 0.2) is 0 Å². The summed E-state index contributed by atoms with van der Waals surface area (Å²) >= 11 is 0. The molecule has 0 saturated carbocycles. The highest BCUT2D eigenvalue weighted by molar-refractivity contribution is 5.59. The molecule has 2 aromatic carbocycles. The monoisotopic (exact) mass is 296 g/mol. The first-order chi connectivity index (χ1) is 10.7. The molecule has 0 fully saturated rings. The van der Waals surface area contributed by atoms with Crippen molar-refractivity contribution in [3.63, 3.8) is 0 Å². The normalized spacial score (nSPS) is 16.1. The molecule has 2 unspecified atom stereocenters. The lowest BCUT2D eigenvalue weighted by atomic mass is 10.0. The molecule has 1 heterocycles. The second kappa shape index (κ2) is 6.84. The van der Waals surface area contributed by atoms with E-state index in [9.17, 15) is 0 Å². The van der Waals surface area contributed by atoms with E-state index >= 15 is 0 Å². The molecule has 0 amide bonds. The van der Waals surface area contributed by atoms with E-state index in [4.69, 9.17) is 4.74 Å². The van der Waals surface area contributed by atoms with Crippen LogP contribution >= 0.6 is 0 Å². The van der Waals surface area contributed by atoms with Gasteiger partial charge >= 0.3 is 0 Å². The van der Waals surface area contributed by atoms with E-state index in [-0.39, 0.29) is 0 Å². The van der Waals surface area contributed by atoms with Gasteiger partial charge in [-0.2, -0.15) is 0 Å². The number of hydrogen-bond acceptors (Lipinski definition) is 3. The van der Waals surface area contributed by atoms with Crippen molar-refractivity contribution in [2.45, 2.75) is 32.4 Å². The summed E-state index contributed by atoms with van der Waals surface area (Å²) < 4.78 is 5.63. The molecular weight excluding hydrogens is 272 g/mol. The first kappa shape index (κ1) is 14.9. The zero-order valence-electron chi connectivity index (χ0n) is 13.3. The van der Waals surface area contributed by atoms with Crippen LogP contribution in [-0.2, 0) is 6.42 Å². The van der Waals surface area contributed by atoms with Crippen LogP contribution in [0.1, 0.15) is 31.0 Å². The molecule has 3 nitrogen and oxygen atoms in total. The molecule has 0 spiro atoms. The molecular formula is C19H24N2O. The molecule has 1 aliphatic heterocycles. The van der Waals surface area contributed by atoms with E-state index in [1.54, 1.807) is 0 Å². The van der Waals surface area contributed by atoms with Gasteiger partial charge in [0.2, 0.25) is 0 Å². The van der Waals surface area contributed by atoms with Crippen molar-refractivity contribution in [1.82, 2.24) is 5.32 Å². The highest BCUT2D eigenvalue weighted by atomic mass is 16.5. The quantitative estimate of drug-likeness (QED) is 0.881. The fraction of sp³-hybridized carbons (Fsp3) is 0.368. The molecule has 3 rings (SSSR count). The van der Waals surface area contributed by atoms with Gasteiger partial charge in [-0.3, -0.25) is 0 Å². The Labute approximate surface area is 132 Å². The van der Waals surface area contributed by atoms with Crippen LogP contribution in [0.25, 0.3) is 0 Å². The van der Waals surface area contributed by atoms with Crippen LogP contribution < -0.4 is 15.4 Å². The van der Waals surface area contributed by atoms with Gasteiger partial charge in [0.05, 0.1) is 5.69 Å². The molecule has 0 saturated heterocycles. The molecule has 2 atom stereocenters. The van der Waals surface area contributed by atoms with E-state index < -0.39 is 0 Å². The zero-order valence-corrected chi connectivity index (χ0v) is 13.3. The molecule has 1 aliphatic rings. The van der Waals surface area contributed by atoms with Gasteiger partial charge in [0, 0.05) is 18.6 Å². The second-order valence-corrected chi connectivity index (χ2v) is 6.01. The van der Waals surface area contributed by atoms with Crippen LogP contribution in [0.4, 0.5) is 5.69 Å². The Kier molecular flexibility index (Phi) is 4.64. The highest BCUT2D eigenvalue weighted by Gasteiger charge is 2.13.